The van der Waals surface area contributed by atoms with Gasteiger partial charge in [-0.15, -0.1) is 0 Å². The molecule has 0 N–H and O–H groups in total. The zero-order chi connectivity index (χ0) is 10.1. The van der Waals surface area contributed by atoms with Crippen molar-refractivity contribution in [2.45, 2.75) is 58.9 Å². The molecule has 0 saturated heterocycles. The molecule has 0 aromatic heterocycles. The second kappa shape index (κ2) is 8.03. The van der Waals surface area contributed by atoms with E-state index in [-0.39, 0.29) is 0 Å². The first kappa shape index (κ1) is 12.4. The monoisotopic (exact) mass is 181 g/mol. The van der Waals surface area contributed by atoms with Gasteiger partial charge in [0.2, 0.25) is 0 Å². The third-order valence-corrected chi connectivity index (χ3v) is 2.20. The van der Waals surface area contributed by atoms with Gasteiger partial charge < -0.3 is 0 Å². The molecule has 1 atom stereocenters. The first-order chi connectivity index (χ1) is 6.20. The van der Waals surface area contributed by atoms with E-state index in [0.29, 0.717) is 6.04 Å². The first-order valence-corrected chi connectivity index (χ1v) is 5.29. The molecule has 0 aromatic rings. The summed E-state index contributed by atoms with van der Waals surface area (Å²) >= 11 is 0. The van der Waals surface area contributed by atoms with E-state index in [1.807, 2.05) is 0 Å². The number of hydrogen-bond donors (Lipinski definition) is 0. The van der Waals surface area contributed by atoms with Gasteiger partial charge in [0.1, 0.15) is 0 Å². The van der Waals surface area contributed by atoms with Crippen LogP contribution in [0.2, 0.25) is 0 Å². The second-order valence-electron chi connectivity index (χ2n) is 3.85. The number of aliphatic imine (C=N–C) groups is 1. The Bertz CT molecular complexity index is 155. The zero-order valence-electron chi connectivity index (χ0n) is 9.34. The minimum absolute atomic E-state index is 0.446. The summed E-state index contributed by atoms with van der Waals surface area (Å²) < 4.78 is 0. The molecule has 0 aliphatic carbocycles. The van der Waals surface area contributed by atoms with E-state index < -0.39 is 0 Å². The fourth-order valence-corrected chi connectivity index (χ4v) is 1.29. The third-order valence-electron chi connectivity index (χ3n) is 2.20. The summed E-state index contributed by atoms with van der Waals surface area (Å²) in [6, 6.07) is 0.446. The van der Waals surface area contributed by atoms with Gasteiger partial charge in [-0.2, -0.15) is 0 Å². The summed E-state index contributed by atoms with van der Waals surface area (Å²) in [7, 11) is 0. The Morgan fingerprint density at radius 3 is 2.54 bits per heavy atom. The van der Waals surface area contributed by atoms with Crippen LogP contribution in [0, 0.1) is 0 Å². The highest BCUT2D eigenvalue weighted by molar-refractivity contribution is 5.24. The zero-order valence-corrected chi connectivity index (χ0v) is 9.34. The predicted molar refractivity (Wildman–Crippen MR) is 61.5 cm³/mol. The third kappa shape index (κ3) is 7.76. The van der Waals surface area contributed by atoms with Crippen molar-refractivity contribution in [3.8, 4) is 0 Å². The first-order valence-electron chi connectivity index (χ1n) is 5.29. The fraction of sp³-hybridized carbons (Fsp3) is 0.750. The largest absolute Gasteiger partial charge is 0.297 e. The van der Waals surface area contributed by atoms with Crippen molar-refractivity contribution < 1.29 is 0 Å². The average Bonchev–Trinajstić information content (AvgIpc) is 2.10. The highest BCUT2D eigenvalue weighted by Gasteiger charge is 2.02. The molecule has 13 heavy (non-hydrogen) atoms. The van der Waals surface area contributed by atoms with Crippen LogP contribution >= 0.6 is 0 Å². The standard InChI is InChI=1S/C12H23N/c1-5-6-7-8-12(13-4)10-9-11(2)3/h9,12H,4-8,10H2,1-3H3. The van der Waals surface area contributed by atoms with Crippen molar-refractivity contribution in [1.82, 2.24) is 0 Å². The molecule has 1 unspecified atom stereocenters. The molecular formula is C12H23N. The molecule has 0 aliphatic heterocycles. The summed E-state index contributed by atoms with van der Waals surface area (Å²) in [6.07, 6.45) is 8.41. The molecule has 0 aliphatic rings. The van der Waals surface area contributed by atoms with Gasteiger partial charge in [-0.3, -0.25) is 4.99 Å². The summed E-state index contributed by atoms with van der Waals surface area (Å²) in [5, 5.41) is 0. The maximum atomic E-state index is 4.14. The Labute approximate surface area is 83.0 Å². The van der Waals surface area contributed by atoms with Crippen molar-refractivity contribution in [3.05, 3.63) is 11.6 Å². The summed E-state index contributed by atoms with van der Waals surface area (Å²) in [6.45, 7) is 10.1. The number of hydrogen-bond acceptors (Lipinski definition) is 1. The van der Waals surface area contributed by atoms with Gasteiger partial charge >= 0.3 is 0 Å². The molecule has 1 heteroatoms. The van der Waals surface area contributed by atoms with Gasteiger partial charge in [-0.05, 0) is 33.4 Å². The molecule has 0 aromatic carbocycles. The van der Waals surface area contributed by atoms with Crippen LogP contribution in [0.15, 0.2) is 16.6 Å². The van der Waals surface area contributed by atoms with E-state index in [4.69, 9.17) is 0 Å². The van der Waals surface area contributed by atoms with Crippen LogP contribution in [-0.4, -0.2) is 12.8 Å². The number of unbranched alkanes of at least 4 members (excludes halogenated alkanes) is 2. The Morgan fingerprint density at radius 1 is 1.38 bits per heavy atom. The topological polar surface area (TPSA) is 12.4 Å². The number of allylic oxidation sites excluding steroid dienone is 1. The molecule has 0 bridgehead atoms. The lowest BCUT2D eigenvalue weighted by molar-refractivity contribution is 0.567. The molecule has 0 saturated carbocycles. The van der Waals surface area contributed by atoms with Gasteiger partial charge in [0.05, 0.1) is 6.04 Å². The predicted octanol–water partition coefficient (Wildman–Crippen LogP) is 3.99. The minimum Gasteiger partial charge on any atom is -0.297 e. The number of nitrogens with zero attached hydrogens (tertiary/aromatic N) is 1. The van der Waals surface area contributed by atoms with Crippen LogP contribution in [0.3, 0.4) is 0 Å². The maximum absolute atomic E-state index is 4.14. The van der Waals surface area contributed by atoms with Gasteiger partial charge in [0.15, 0.2) is 0 Å². The molecule has 0 fully saturated rings. The Balaban J connectivity index is 3.63. The van der Waals surface area contributed by atoms with Crippen LogP contribution in [0.5, 0.6) is 0 Å². The molecule has 0 heterocycles. The molecule has 1 nitrogen and oxygen atoms in total. The lowest BCUT2D eigenvalue weighted by Gasteiger charge is -2.08. The molecule has 0 rings (SSSR count). The van der Waals surface area contributed by atoms with Crippen LogP contribution in [0.25, 0.3) is 0 Å². The maximum Gasteiger partial charge on any atom is 0.0526 e. The summed E-state index contributed by atoms with van der Waals surface area (Å²) in [5.41, 5.74) is 1.38. The highest BCUT2D eigenvalue weighted by Crippen LogP contribution is 2.11. The van der Waals surface area contributed by atoms with E-state index in [1.54, 1.807) is 0 Å². The summed E-state index contributed by atoms with van der Waals surface area (Å²) in [4.78, 5) is 4.14. The molecule has 76 valence electrons. The van der Waals surface area contributed by atoms with Gasteiger partial charge in [-0.25, -0.2) is 0 Å². The minimum atomic E-state index is 0.446. The Morgan fingerprint density at radius 2 is 2.08 bits per heavy atom. The van der Waals surface area contributed by atoms with E-state index in [0.717, 1.165) is 6.42 Å². The quantitative estimate of drug-likeness (QED) is 0.320. The average molecular weight is 181 g/mol. The lowest BCUT2D eigenvalue weighted by Crippen LogP contribution is -2.02. The van der Waals surface area contributed by atoms with Crippen molar-refractivity contribution in [3.63, 3.8) is 0 Å². The normalized spacial score (nSPS) is 12.2. The molecule has 0 amide bonds. The van der Waals surface area contributed by atoms with E-state index in [9.17, 15) is 0 Å². The van der Waals surface area contributed by atoms with Crippen molar-refractivity contribution in [2.24, 2.45) is 4.99 Å². The number of rotatable bonds is 7. The van der Waals surface area contributed by atoms with Crippen LogP contribution in [0.4, 0.5) is 0 Å². The van der Waals surface area contributed by atoms with Crippen LogP contribution in [0.1, 0.15) is 52.9 Å². The smallest absolute Gasteiger partial charge is 0.0526 e. The SMILES string of the molecule is C=NC(CC=C(C)C)CCCCC. The van der Waals surface area contributed by atoms with Crippen molar-refractivity contribution in [2.75, 3.05) is 0 Å². The Kier molecular flexibility index (Phi) is 7.66. The van der Waals surface area contributed by atoms with Gasteiger partial charge in [0.25, 0.3) is 0 Å². The molecular weight excluding hydrogens is 158 g/mol. The van der Waals surface area contributed by atoms with Gasteiger partial charge in [-0.1, -0.05) is 37.8 Å². The van der Waals surface area contributed by atoms with E-state index in [2.05, 4.69) is 38.6 Å². The van der Waals surface area contributed by atoms with E-state index >= 15 is 0 Å². The second-order valence-corrected chi connectivity index (χ2v) is 3.85. The molecule has 0 radical (unpaired) electrons. The lowest BCUT2D eigenvalue weighted by atomic mass is 10.1. The van der Waals surface area contributed by atoms with Crippen molar-refractivity contribution >= 4 is 6.72 Å². The molecule has 0 spiro atoms. The summed E-state index contributed by atoms with van der Waals surface area (Å²) in [5.74, 6) is 0. The van der Waals surface area contributed by atoms with Crippen LogP contribution in [-0.2, 0) is 0 Å². The Hall–Kier alpha value is -0.590. The van der Waals surface area contributed by atoms with Crippen LogP contribution < -0.4 is 0 Å². The van der Waals surface area contributed by atoms with E-state index in [1.165, 1.54) is 31.3 Å². The van der Waals surface area contributed by atoms with Crippen molar-refractivity contribution in [1.29, 1.82) is 0 Å². The highest BCUT2D eigenvalue weighted by atomic mass is 14.7. The van der Waals surface area contributed by atoms with Gasteiger partial charge in [0, 0.05) is 0 Å². The fourth-order valence-electron chi connectivity index (χ4n) is 1.29.